The molecule has 22 heavy (non-hydrogen) atoms. The molecule has 1 N–H and O–H groups in total. The van der Waals surface area contributed by atoms with Gasteiger partial charge in [0.25, 0.3) is 0 Å². The average Bonchev–Trinajstić information content (AvgIpc) is 3.17. The second-order valence-corrected chi connectivity index (χ2v) is 7.17. The number of imidazole rings is 1. The number of thiophene rings is 2. The van der Waals surface area contributed by atoms with Gasteiger partial charge in [-0.3, -0.25) is 0 Å². The number of nitrogens with one attached hydrogen (secondary N) is 1. The maximum absolute atomic E-state index is 4.71. The molecule has 0 aliphatic heterocycles. The number of benzene rings is 1. The quantitative estimate of drug-likeness (QED) is 0.485. The Kier molecular flexibility index (Phi) is 3.17. The van der Waals surface area contributed by atoms with Crippen molar-refractivity contribution in [1.29, 1.82) is 0 Å². The molecule has 4 heteroatoms. The van der Waals surface area contributed by atoms with Crippen molar-refractivity contribution in [2.75, 3.05) is 0 Å². The summed E-state index contributed by atoms with van der Waals surface area (Å²) >= 11 is 3.50. The largest absolute Gasteiger partial charge is 0.342 e. The van der Waals surface area contributed by atoms with Gasteiger partial charge in [0.15, 0.2) is 0 Å². The molecule has 0 fully saturated rings. The highest BCUT2D eigenvalue weighted by atomic mass is 32.1. The number of hydrogen-bond acceptors (Lipinski definition) is 3. The molecule has 0 radical (unpaired) electrons. The molecule has 0 bridgehead atoms. The molecule has 2 nitrogen and oxygen atoms in total. The highest BCUT2D eigenvalue weighted by Crippen LogP contribution is 2.37. The number of aryl methyl sites for hydroxylation is 3. The number of hydrogen-bond donors (Lipinski definition) is 1. The van der Waals surface area contributed by atoms with Crippen LogP contribution in [0, 0.1) is 20.8 Å². The zero-order valence-electron chi connectivity index (χ0n) is 12.7. The topological polar surface area (TPSA) is 28.7 Å². The Bertz CT molecular complexity index is 972. The Labute approximate surface area is 137 Å². The molecule has 0 spiro atoms. The first-order chi connectivity index (χ1) is 10.6. The maximum Gasteiger partial charge on any atom is 0.104 e. The summed E-state index contributed by atoms with van der Waals surface area (Å²) in [7, 11) is 0. The van der Waals surface area contributed by atoms with E-state index in [2.05, 4.69) is 52.5 Å². The van der Waals surface area contributed by atoms with Gasteiger partial charge in [0.1, 0.15) is 5.82 Å². The third-order valence-corrected chi connectivity index (χ3v) is 5.74. The minimum atomic E-state index is 0.961. The van der Waals surface area contributed by atoms with Crippen LogP contribution in [0.15, 0.2) is 33.7 Å². The third kappa shape index (κ3) is 2.11. The first-order valence-corrected chi connectivity index (χ1v) is 9.09. The van der Waals surface area contributed by atoms with Gasteiger partial charge >= 0.3 is 0 Å². The van der Waals surface area contributed by atoms with E-state index < -0.39 is 0 Å². The summed E-state index contributed by atoms with van der Waals surface area (Å²) in [5, 5.41) is 8.85. The van der Waals surface area contributed by atoms with E-state index in [1.54, 1.807) is 22.7 Å². The zero-order valence-corrected chi connectivity index (χ0v) is 14.4. The third-order valence-electron chi connectivity index (χ3n) is 4.02. The number of nitrogens with zero attached hydrogens (tertiary/aromatic N) is 1. The molecule has 0 unspecified atom stereocenters. The van der Waals surface area contributed by atoms with E-state index in [0.717, 1.165) is 16.9 Å². The first kappa shape index (κ1) is 13.7. The lowest BCUT2D eigenvalue weighted by Gasteiger charge is -2.07. The molecule has 4 rings (SSSR count). The van der Waals surface area contributed by atoms with Gasteiger partial charge in [-0.2, -0.15) is 22.7 Å². The summed E-state index contributed by atoms with van der Waals surface area (Å²) in [6.07, 6.45) is 0. The van der Waals surface area contributed by atoms with E-state index in [1.165, 1.54) is 33.4 Å². The summed E-state index contributed by atoms with van der Waals surface area (Å²) in [5.74, 6) is 0.961. The molecule has 0 aliphatic carbocycles. The summed E-state index contributed by atoms with van der Waals surface area (Å²) in [6, 6.07) is 4.50. The minimum Gasteiger partial charge on any atom is -0.342 e. The van der Waals surface area contributed by atoms with Crippen LogP contribution >= 0.6 is 22.7 Å². The van der Waals surface area contributed by atoms with Crippen LogP contribution < -0.4 is 0 Å². The van der Waals surface area contributed by atoms with E-state index >= 15 is 0 Å². The second kappa shape index (κ2) is 5.07. The van der Waals surface area contributed by atoms with Crippen LogP contribution in [0.3, 0.4) is 0 Å². The molecule has 3 heterocycles. The SMILES string of the molecule is Cc1nc2c(-c3cscc3C)cc(-c3cscc3C)cc2[nH]1. The van der Waals surface area contributed by atoms with Gasteiger partial charge in [-0.05, 0) is 82.2 Å². The van der Waals surface area contributed by atoms with Crippen molar-refractivity contribution in [1.82, 2.24) is 9.97 Å². The van der Waals surface area contributed by atoms with E-state index in [9.17, 15) is 0 Å². The number of aromatic nitrogens is 2. The normalized spacial score (nSPS) is 11.4. The monoisotopic (exact) mass is 324 g/mol. The number of aromatic amines is 1. The van der Waals surface area contributed by atoms with Crippen LogP contribution in [0.2, 0.25) is 0 Å². The molecule has 4 aromatic rings. The number of H-pyrrole nitrogens is 1. The lowest BCUT2D eigenvalue weighted by atomic mass is 9.97. The van der Waals surface area contributed by atoms with Crippen molar-refractivity contribution in [2.24, 2.45) is 0 Å². The van der Waals surface area contributed by atoms with Gasteiger partial charge in [0.2, 0.25) is 0 Å². The average molecular weight is 324 g/mol. The standard InChI is InChI=1S/C18H16N2S2/c1-10-6-21-8-15(10)13-4-14(16-9-22-7-11(16)2)18-17(5-13)19-12(3)20-18/h4-9H,1-3H3,(H,19,20). The van der Waals surface area contributed by atoms with Crippen molar-refractivity contribution in [2.45, 2.75) is 20.8 Å². The fourth-order valence-electron chi connectivity index (χ4n) is 2.89. The van der Waals surface area contributed by atoms with Crippen LogP contribution in [0.25, 0.3) is 33.3 Å². The van der Waals surface area contributed by atoms with Crippen molar-refractivity contribution in [3.05, 3.63) is 50.6 Å². The minimum absolute atomic E-state index is 0.961. The molecule has 1 aromatic carbocycles. The Morgan fingerprint density at radius 3 is 2.14 bits per heavy atom. The highest BCUT2D eigenvalue weighted by Gasteiger charge is 2.14. The van der Waals surface area contributed by atoms with Crippen molar-refractivity contribution >= 4 is 33.7 Å². The fourth-order valence-corrected chi connectivity index (χ4v) is 4.60. The van der Waals surface area contributed by atoms with Gasteiger partial charge < -0.3 is 4.98 Å². The zero-order chi connectivity index (χ0) is 15.3. The highest BCUT2D eigenvalue weighted by molar-refractivity contribution is 7.08. The summed E-state index contributed by atoms with van der Waals surface area (Å²) < 4.78 is 0. The summed E-state index contributed by atoms with van der Waals surface area (Å²) in [6.45, 7) is 6.35. The van der Waals surface area contributed by atoms with Crippen molar-refractivity contribution in [3.8, 4) is 22.3 Å². The smallest absolute Gasteiger partial charge is 0.104 e. The molecule has 0 atom stereocenters. The van der Waals surface area contributed by atoms with Crippen LogP contribution in [0.1, 0.15) is 17.0 Å². The maximum atomic E-state index is 4.71. The first-order valence-electron chi connectivity index (χ1n) is 7.20. The Balaban J connectivity index is 2.06. The molecule has 110 valence electrons. The Morgan fingerprint density at radius 2 is 1.50 bits per heavy atom. The summed E-state index contributed by atoms with van der Waals surface area (Å²) in [5.41, 5.74) is 9.90. The Hall–Kier alpha value is -1.91. The molecular weight excluding hydrogens is 308 g/mol. The predicted octanol–water partition coefficient (Wildman–Crippen LogP) is 5.95. The van der Waals surface area contributed by atoms with E-state index in [4.69, 9.17) is 4.98 Å². The van der Waals surface area contributed by atoms with E-state index in [0.29, 0.717) is 0 Å². The lowest BCUT2D eigenvalue weighted by Crippen LogP contribution is -1.85. The molecule has 3 aromatic heterocycles. The van der Waals surface area contributed by atoms with Crippen LogP contribution in [0.5, 0.6) is 0 Å². The summed E-state index contributed by atoms with van der Waals surface area (Å²) in [4.78, 5) is 8.10. The Morgan fingerprint density at radius 1 is 0.818 bits per heavy atom. The molecule has 0 aliphatic rings. The molecule has 0 saturated carbocycles. The van der Waals surface area contributed by atoms with Crippen LogP contribution in [-0.2, 0) is 0 Å². The van der Waals surface area contributed by atoms with Gasteiger partial charge in [-0.1, -0.05) is 0 Å². The van der Waals surface area contributed by atoms with Gasteiger partial charge in [0.05, 0.1) is 11.0 Å². The lowest BCUT2D eigenvalue weighted by molar-refractivity contribution is 1.17. The van der Waals surface area contributed by atoms with Crippen LogP contribution in [-0.4, -0.2) is 9.97 Å². The number of rotatable bonds is 2. The predicted molar refractivity (Wildman–Crippen MR) is 96.9 cm³/mol. The molecule has 0 amide bonds. The van der Waals surface area contributed by atoms with Crippen molar-refractivity contribution < 1.29 is 0 Å². The van der Waals surface area contributed by atoms with E-state index in [1.807, 2.05) is 6.92 Å². The number of fused-ring (bicyclic) bond motifs is 1. The fraction of sp³-hybridized carbons (Fsp3) is 0.167. The molecule has 0 saturated heterocycles. The van der Waals surface area contributed by atoms with Gasteiger partial charge in [0, 0.05) is 5.56 Å². The second-order valence-electron chi connectivity index (χ2n) is 5.68. The van der Waals surface area contributed by atoms with Crippen LogP contribution in [0.4, 0.5) is 0 Å². The van der Waals surface area contributed by atoms with Crippen molar-refractivity contribution in [3.63, 3.8) is 0 Å². The van der Waals surface area contributed by atoms with Gasteiger partial charge in [-0.25, -0.2) is 4.98 Å². The van der Waals surface area contributed by atoms with Gasteiger partial charge in [-0.15, -0.1) is 0 Å². The molecular formula is C18H16N2S2. The van der Waals surface area contributed by atoms with E-state index in [-0.39, 0.29) is 0 Å².